The molecule has 0 saturated heterocycles. The summed E-state index contributed by atoms with van der Waals surface area (Å²) in [5, 5.41) is 0. The van der Waals surface area contributed by atoms with Gasteiger partial charge in [0.05, 0.1) is 0 Å². The van der Waals surface area contributed by atoms with Crippen molar-refractivity contribution in [3.63, 3.8) is 0 Å². The third-order valence-electron chi connectivity index (χ3n) is 1.21. The van der Waals surface area contributed by atoms with Gasteiger partial charge in [-0.1, -0.05) is 18.2 Å². The van der Waals surface area contributed by atoms with E-state index in [4.69, 9.17) is 0 Å². The van der Waals surface area contributed by atoms with E-state index in [1.54, 1.807) is 12.1 Å². The van der Waals surface area contributed by atoms with Gasteiger partial charge >= 0.3 is 0 Å². The molecule has 51 valence electrons. The van der Waals surface area contributed by atoms with Crippen LogP contribution in [0.2, 0.25) is 0 Å². The Kier molecular flexibility index (Phi) is 2.21. The van der Waals surface area contributed by atoms with Gasteiger partial charge in [-0.2, -0.15) is 0 Å². The highest BCUT2D eigenvalue weighted by Crippen LogP contribution is 2.03. The van der Waals surface area contributed by atoms with Crippen LogP contribution in [-0.4, -0.2) is 0 Å². The minimum absolute atomic E-state index is 0.306. The van der Waals surface area contributed by atoms with E-state index in [0.29, 0.717) is 6.42 Å². The lowest BCUT2D eigenvalue weighted by Gasteiger charge is -1.93. The third-order valence-corrected chi connectivity index (χ3v) is 1.21. The molecule has 1 heteroatoms. The molecule has 0 unspecified atom stereocenters. The molecule has 1 aromatic rings. The molecule has 0 amide bonds. The average molecular weight is 135 g/mol. The minimum Gasteiger partial charge on any atom is -0.206 e. The largest absolute Gasteiger partial charge is 0.206 e. The van der Waals surface area contributed by atoms with Crippen molar-refractivity contribution in [2.75, 3.05) is 0 Å². The second-order valence-electron chi connectivity index (χ2n) is 2.04. The maximum absolute atomic E-state index is 12.4. The Hall–Kier alpha value is -1.11. The molecule has 0 aliphatic rings. The van der Waals surface area contributed by atoms with Crippen LogP contribution in [0.4, 0.5) is 4.39 Å². The Balaban J connectivity index is 2.84. The van der Waals surface area contributed by atoms with Crippen LogP contribution in [0.25, 0.3) is 0 Å². The molecule has 0 aliphatic heterocycles. The fourth-order valence-electron chi connectivity index (χ4n) is 0.774. The monoisotopic (exact) mass is 135 g/mol. The molecule has 0 N–H and O–H groups in total. The van der Waals surface area contributed by atoms with Gasteiger partial charge < -0.3 is 0 Å². The average Bonchev–Trinajstić information content (AvgIpc) is 1.88. The highest BCUT2D eigenvalue weighted by molar-refractivity contribution is 5.17. The first kappa shape index (κ1) is 7.00. The quantitative estimate of drug-likeness (QED) is 0.546. The lowest BCUT2D eigenvalue weighted by Crippen LogP contribution is -1.81. The molecule has 1 aromatic carbocycles. The smallest absolute Gasteiger partial charge is 0.131 e. The number of hydrogen-bond acceptors (Lipinski definition) is 0. The molecular formula is C9H8F. The molecular weight excluding hydrogens is 127 g/mol. The topological polar surface area (TPSA) is 0 Å². The van der Waals surface area contributed by atoms with E-state index < -0.39 is 0 Å². The van der Waals surface area contributed by atoms with Crippen molar-refractivity contribution in [2.45, 2.75) is 6.42 Å². The molecule has 0 nitrogen and oxygen atoms in total. The van der Waals surface area contributed by atoms with E-state index >= 15 is 0 Å². The molecule has 0 aliphatic carbocycles. The van der Waals surface area contributed by atoms with Gasteiger partial charge in [0.25, 0.3) is 0 Å². The lowest BCUT2D eigenvalue weighted by molar-refractivity contribution is 0.624. The molecule has 0 bridgehead atoms. The van der Waals surface area contributed by atoms with Crippen LogP contribution < -0.4 is 0 Å². The highest BCUT2D eigenvalue weighted by Gasteiger charge is 1.90. The van der Waals surface area contributed by atoms with Crippen LogP contribution in [0.1, 0.15) is 5.56 Å². The SMILES string of the molecule is C=CCc1cc[c]c(F)c1. The summed E-state index contributed by atoms with van der Waals surface area (Å²) < 4.78 is 12.4. The van der Waals surface area contributed by atoms with Crippen LogP contribution in [0.3, 0.4) is 0 Å². The van der Waals surface area contributed by atoms with E-state index in [1.807, 2.05) is 6.07 Å². The Labute approximate surface area is 60.0 Å². The first-order valence-electron chi connectivity index (χ1n) is 3.10. The molecule has 1 radical (unpaired) electrons. The van der Waals surface area contributed by atoms with Crippen LogP contribution in [-0.2, 0) is 6.42 Å². The van der Waals surface area contributed by atoms with E-state index in [1.165, 1.54) is 6.07 Å². The van der Waals surface area contributed by atoms with Crippen molar-refractivity contribution in [2.24, 2.45) is 0 Å². The molecule has 0 spiro atoms. The summed E-state index contributed by atoms with van der Waals surface area (Å²) in [6.45, 7) is 3.55. The fourth-order valence-corrected chi connectivity index (χ4v) is 0.774. The second kappa shape index (κ2) is 3.16. The van der Waals surface area contributed by atoms with Crippen LogP contribution in [0, 0.1) is 11.9 Å². The Morgan fingerprint density at radius 1 is 1.70 bits per heavy atom. The molecule has 0 saturated carbocycles. The Bertz CT molecular complexity index is 228. The van der Waals surface area contributed by atoms with Gasteiger partial charge in [-0.3, -0.25) is 0 Å². The first-order chi connectivity index (χ1) is 4.83. The molecule has 10 heavy (non-hydrogen) atoms. The van der Waals surface area contributed by atoms with Gasteiger partial charge in [-0.25, -0.2) is 4.39 Å². The summed E-state index contributed by atoms with van der Waals surface area (Å²) in [4.78, 5) is 0. The van der Waals surface area contributed by atoms with Gasteiger partial charge in [0, 0.05) is 6.07 Å². The van der Waals surface area contributed by atoms with Gasteiger partial charge in [0.15, 0.2) is 0 Å². The molecule has 0 fully saturated rings. The van der Waals surface area contributed by atoms with Gasteiger partial charge in [0.2, 0.25) is 0 Å². The zero-order valence-electron chi connectivity index (χ0n) is 5.60. The zero-order chi connectivity index (χ0) is 7.40. The van der Waals surface area contributed by atoms with Crippen LogP contribution >= 0.6 is 0 Å². The summed E-state index contributed by atoms with van der Waals surface area (Å²) in [5.74, 6) is -0.306. The van der Waals surface area contributed by atoms with Crippen LogP contribution in [0.5, 0.6) is 0 Å². The van der Waals surface area contributed by atoms with E-state index in [0.717, 1.165) is 5.56 Å². The van der Waals surface area contributed by atoms with E-state index in [2.05, 4.69) is 12.6 Å². The van der Waals surface area contributed by atoms with Crippen molar-refractivity contribution < 1.29 is 4.39 Å². The standard InChI is InChI=1S/C9H8F/c1-2-4-8-5-3-6-9(10)7-8/h2-3,5,7H,1,4H2. The van der Waals surface area contributed by atoms with Crippen molar-refractivity contribution in [3.8, 4) is 0 Å². The second-order valence-corrected chi connectivity index (χ2v) is 2.04. The van der Waals surface area contributed by atoms with Gasteiger partial charge in [0.1, 0.15) is 5.82 Å². The normalized spacial score (nSPS) is 9.30. The van der Waals surface area contributed by atoms with E-state index in [-0.39, 0.29) is 5.82 Å². The maximum atomic E-state index is 12.4. The van der Waals surface area contributed by atoms with Crippen molar-refractivity contribution >= 4 is 0 Å². The number of rotatable bonds is 2. The number of allylic oxidation sites excluding steroid dienone is 1. The molecule has 0 aromatic heterocycles. The minimum atomic E-state index is -0.306. The molecule has 0 atom stereocenters. The predicted octanol–water partition coefficient (Wildman–Crippen LogP) is 2.35. The summed E-state index contributed by atoms with van der Waals surface area (Å²) >= 11 is 0. The Morgan fingerprint density at radius 2 is 2.50 bits per heavy atom. The number of benzene rings is 1. The van der Waals surface area contributed by atoms with Crippen molar-refractivity contribution in [1.82, 2.24) is 0 Å². The van der Waals surface area contributed by atoms with Gasteiger partial charge in [-0.15, -0.1) is 6.58 Å². The maximum Gasteiger partial charge on any atom is 0.131 e. The first-order valence-corrected chi connectivity index (χ1v) is 3.10. The molecule has 1 rings (SSSR count). The van der Waals surface area contributed by atoms with Crippen molar-refractivity contribution in [1.29, 1.82) is 0 Å². The fraction of sp³-hybridized carbons (Fsp3) is 0.111. The lowest BCUT2D eigenvalue weighted by atomic mass is 10.1. The summed E-state index contributed by atoms with van der Waals surface area (Å²) in [7, 11) is 0. The summed E-state index contributed by atoms with van der Waals surface area (Å²) in [5.41, 5.74) is 0.936. The van der Waals surface area contributed by atoms with Crippen molar-refractivity contribution in [3.05, 3.63) is 48.3 Å². The Morgan fingerprint density at radius 3 is 3.10 bits per heavy atom. The van der Waals surface area contributed by atoms with E-state index in [9.17, 15) is 4.39 Å². The predicted molar refractivity (Wildman–Crippen MR) is 39.1 cm³/mol. The zero-order valence-corrected chi connectivity index (χ0v) is 5.60. The summed E-state index contributed by atoms with van der Waals surface area (Å²) in [6, 6.07) is 7.29. The molecule has 0 heterocycles. The number of halogens is 1. The third kappa shape index (κ3) is 1.69. The van der Waals surface area contributed by atoms with Gasteiger partial charge in [-0.05, 0) is 18.1 Å². The highest BCUT2D eigenvalue weighted by atomic mass is 19.1. The van der Waals surface area contributed by atoms with Crippen LogP contribution in [0.15, 0.2) is 30.9 Å². The summed E-state index contributed by atoms with van der Waals surface area (Å²) in [6.07, 6.45) is 2.46. The number of hydrogen-bond donors (Lipinski definition) is 0.